The summed E-state index contributed by atoms with van der Waals surface area (Å²) in [7, 11) is 0. The van der Waals surface area contributed by atoms with Crippen LogP contribution in [0.15, 0.2) is 24.3 Å². The molecule has 0 aromatic heterocycles. The lowest BCUT2D eigenvalue weighted by atomic mass is 10.3. The highest BCUT2D eigenvalue weighted by Crippen LogP contribution is 2.19. The highest BCUT2D eigenvalue weighted by molar-refractivity contribution is 5.91. The summed E-state index contributed by atoms with van der Waals surface area (Å²) in [6.07, 6.45) is 2.13. The van der Waals surface area contributed by atoms with E-state index >= 15 is 0 Å². The van der Waals surface area contributed by atoms with Crippen LogP contribution in [0.3, 0.4) is 0 Å². The normalized spacial score (nSPS) is 13.9. The van der Waals surface area contributed by atoms with Crippen LogP contribution < -0.4 is 16.0 Å². The lowest BCUT2D eigenvalue weighted by Crippen LogP contribution is -2.30. The van der Waals surface area contributed by atoms with Gasteiger partial charge in [0.05, 0.1) is 0 Å². The third-order valence-corrected chi connectivity index (χ3v) is 2.38. The average Bonchev–Trinajstić information content (AvgIpc) is 3.04. The van der Waals surface area contributed by atoms with E-state index < -0.39 is 0 Å². The first kappa shape index (κ1) is 11.4. The topological polar surface area (TPSA) is 70.2 Å². The molecule has 0 heterocycles. The van der Waals surface area contributed by atoms with Crippen molar-refractivity contribution in [2.75, 3.05) is 10.6 Å². The Labute approximate surface area is 99.6 Å². The zero-order chi connectivity index (χ0) is 12.3. The minimum Gasteiger partial charge on any atom is -0.335 e. The first-order chi connectivity index (χ1) is 8.13. The summed E-state index contributed by atoms with van der Waals surface area (Å²) in [6, 6.07) is 7.14. The summed E-state index contributed by atoms with van der Waals surface area (Å²) in [5.41, 5.74) is 1.42. The molecule has 0 aliphatic heterocycles. The van der Waals surface area contributed by atoms with Crippen molar-refractivity contribution in [2.24, 2.45) is 0 Å². The van der Waals surface area contributed by atoms with Gasteiger partial charge in [-0.2, -0.15) is 0 Å². The molecule has 1 saturated carbocycles. The molecule has 0 bridgehead atoms. The van der Waals surface area contributed by atoms with Gasteiger partial charge in [0.25, 0.3) is 0 Å². The summed E-state index contributed by atoms with van der Waals surface area (Å²) >= 11 is 0. The lowest BCUT2D eigenvalue weighted by Gasteiger charge is -2.07. The molecule has 3 amide bonds. The average molecular weight is 233 g/mol. The molecule has 0 spiro atoms. The molecule has 0 radical (unpaired) electrons. The van der Waals surface area contributed by atoms with Crippen molar-refractivity contribution < 1.29 is 9.59 Å². The molecule has 5 nitrogen and oxygen atoms in total. The number of amides is 3. The maximum absolute atomic E-state index is 11.4. The molecule has 90 valence electrons. The van der Waals surface area contributed by atoms with Crippen LogP contribution in [0.2, 0.25) is 0 Å². The number of hydrogen-bond acceptors (Lipinski definition) is 2. The van der Waals surface area contributed by atoms with Crippen LogP contribution in [-0.4, -0.2) is 18.0 Å². The Balaban J connectivity index is 1.88. The third-order valence-electron chi connectivity index (χ3n) is 2.38. The molecular formula is C12H15N3O2. The maximum Gasteiger partial charge on any atom is 0.319 e. The minimum absolute atomic E-state index is 0.114. The van der Waals surface area contributed by atoms with Gasteiger partial charge in [0.15, 0.2) is 0 Å². The predicted octanol–water partition coefficient (Wildman–Crippen LogP) is 1.93. The van der Waals surface area contributed by atoms with E-state index in [9.17, 15) is 9.59 Å². The molecule has 1 aromatic rings. The van der Waals surface area contributed by atoms with E-state index in [1.165, 1.54) is 6.92 Å². The van der Waals surface area contributed by atoms with Gasteiger partial charge in [-0.1, -0.05) is 0 Å². The van der Waals surface area contributed by atoms with Gasteiger partial charge in [-0.15, -0.1) is 0 Å². The quantitative estimate of drug-likeness (QED) is 0.746. The SMILES string of the molecule is CC(=O)Nc1ccc(NC(=O)NC2CC2)cc1. The van der Waals surface area contributed by atoms with Gasteiger partial charge in [-0.3, -0.25) is 4.79 Å². The zero-order valence-electron chi connectivity index (χ0n) is 9.62. The van der Waals surface area contributed by atoms with Gasteiger partial charge in [0.1, 0.15) is 0 Å². The smallest absolute Gasteiger partial charge is 0.319 e. The van der Waals surface area contributed by atoms with E-state index in [-0.39, 0.29) is 11.9 Å². The van der Waals surface area contributed by atoms with Gasteiger partial charge in [-0.05, 0) is 37.1 Å². The van der Waals surface area contributed by atoms with E-state index in [0.717, 1.165) is 12.8 Å². The van der Waals surface area contributed by atoms with Crippen LogP contribution in [0.5, 0.6) is 0 Å². The summed E-state index contributed by atoms with van der Waals surface area (Å²) in [5, 5.41) is 8.22. The van der Waals surface area contributed by atoms with Crippen molar-refractivity contribution in [3.63, 3.8) is 0 Å². The Morgan fingerprint density at radius 3 is 2.06 bits per heavy atom. The van der Waals surface area contributed by atoms with Crippen molar-refractivity contribution >= 4 is 23.3 Å². The maximum atomic E-state index is 11.4. The summed E-state index contributed by atoms with van der Waals surface area (Å²) in [4.78, 5) is 22.2. The number of benzene rings is 1. The van der Waals surface area contributed by atoms with Gasteiger partial charge < -0.3 is 16.0 Å². The Hall–Kier alpha value is -2.04. The molecule has 2 rings (SSSR count). The largest absolute Gasteiger partial charge is 0.335 e. The Bertz CT molecular complexity index is 424. The van der Waals surface area contributed by atoms with E-state index in [1.807, 2.05) is 0 Å². The fraction of sp³-hybridized carbons (Fsp3) is 0.333. The highest BCUT2D eigenvalue weighted by atomic mass is 16.2. The first-order valence-electron chi connectivity index (χ1n) is 5.58. The summed E-state index contributed by atoms with van der Waals surface area (Å²) in [6.45, 7) is 1.45. The number of urea groups is 1. The molecule has 1 aliphatic carbocycles. The van der Waals surface area contributed by atoms with Gasteiger partial charge >= 0.3 is 6.03 Å². The number of carbonyl (C=O) groups excluding carboxylic acids is 2. The Morgan fingerprint density at radius 2 is 1.59 bits per heavy atom. The number of anilines is 2. The van der Waals surface area contributed by atoms with E-state index in [4.69, 9.17) is 0 Å². The second-order valence-electron chi connectivity index (χ2n) is 4.13. The number of nitrogens with one attached hydrogen (secondary N) is 3. The molecule has 1 fully saturated rings. The predicted molar refractivity (Wildman–Crippen MR) is 65.9 cm³/mol. The molecule has 1 aliphatic rings. The number of hydrogen-bond donors (Lipinski definition) is 3. The highest BCUT2D eigenvalue weighted by Gasteiger charge is 2.23. The van der Waals surface area contributed by atoms with Gasteiger partial charge in [0.2, 0.25) is 5.91 Å². The standard InChI is InChI=1S/C12H15N3O2/c1-8(16)13-9-2-4-10(5-3-9)14-12(17)15-11-6-7-11/h2-5,11H,6-7H2,1H3,(H,13,16)(H2,14,15,17). The number of rotatable bonds is 3. The van der Waals surface area contributed by atoms with Crippen molar-refractivity contribution in [1.82, 2.24) is 5.32 Å². The van der Waals surface area contributed by atoms with Gasteiger partial charge in [-0.25, -0.2) is 4.79 Å². The summed E-state index contributed by atoms with van der Waals surface area (Å²) < 4.78 is 0. The third kappa shape index (κ3) is 3.79. The Kier molecular flexibility index (Phi) is 3.27. The van der Waals surface area contributed by atoms with Crippen LogP contribution in [0, 0.1) is 0 Å². The van der Waals surface area contributed by atoms with Crippen molar-refractivity contribution in [3.8, 4) is 0 Å². The molecule has 0 atom stereocenters. The van der Waals surface area contributed by atoms with Crippen molar-refractivity contribution in [2.45, 2.75) is 25.8 Å². The molecule has 0 unspecified atom stereocenters. The molecule has 1 aromatic carbocycles. The molecule has 0 saturated heterocycles. The van der Waals surface area contributed by atoms with Gasteiger partial charge in [0, 0.05) is 24.3 Å². The Morgan fingerprint density at radius 1 is 1.06 bits per heavy atom. The second-order valence-corrected chi connectivity index (χ2v) is 4.13. The lowest BCUT2D eigenvalue weighted by molar-refractivity contribution is -0.114. The van der Waals surface area contributed by atoms with E-state index in [1.54, 1.807) is 24.3 Å². The molecule has 17 heavy (non-hydrogen) atoms. The molecular weight excluding hydrogens is 218 g/mol. The zero-order valence-corrected chi connectivity index (χ0v) is 9.62. The van der Waals surface area contributed by atoms with Crippen molar-refractivity contribution in [3.05, 3.63) is 24.3 Å². The van der Waals surface area contributed by atoms with Crippen LogP contribution in [0.1, 0.15) is 19.8 Å². The second kappa shape index (κ2) is 4.86. The van der Waals surface area contributed by atoms with Crippen LogP contribution in [0.4, 0.5) is 16.2 Å². The fourth-order valence-corrected chi connectivity index (χ4v) is 1.42. The number of carbonyl (C=O) groups is 2. The first-order valence-corrected chi connectivity index (χ1v) is 5.58. The van der Waals surface area contributed by atoms with Crippen LogP contribution in [0.25, 0.3) is 0 Å². The molecule has 5 heteroatoms. The monoisotopic (exact) mass is 233 g/mol. The van der Waals surface area contributed by atoms with Crippen LogP contribution >= 0.6 is 0 Å². The van der Waals surface area contributed by atoms with Crippen molar-refractivity contribution in [1.29, 1.82) is 0 Å². The summed E-state index contributed by atoms with van der Waals surface area (Å²) in [5.74, 6) is -0.114. The van der Waals surface area contributed by atoms with E-state index in [0.29, 0.717) is 17.4 Å². The van der Waals surface area contributed by atoms with Crippen LogP contribution in [-0.2, 0) is 4.79 Å². The molecule has 3 N–H and O–H groups in total. The minimum atomic E-state index is -0.181. The fourth-order valence-electron chi connectivity index (χ4n) is 1.42. The van der Waals surface area contributed by atoms with E-state index in [2.05, 4.69) is 16.0 Å².